The van der Waals surface area contributed by atoms with Gasteiger partial charge in [-0.3, -0.25) is 0 Å². The SMILES string of the molecule is COc1ccccc1NC(=O)N/N=C/c1ccc(Sc2ccc(C)cc2)cc1. The monoisotopic (exact) mass is 391 g/mol. The van der Waals surface area contributed by atoms with E-state index in [1.165, 1.54) is 10.5 Å². The predicted octanol–water partition coefficient (Wildman–Crippen LogP) is 5.31. The van der Waals surface area contributed by atoms with E-state index in [9.17, 15) is 4.79 Å². The smallest absolute Gasteiger partial charge is 0.339 e. The van der Waals surface area contributed by atoms with Crippen LogP contribution in [-0.2, 0) is 0 Å². The molecule has 2 amide bonds. The van der Waals surface area contributed by atoms with Gasteiger partial charge in [0.25, 0.3) is 0 Å². The minimum absolute atomic E-state index is 0.438. The van der Waals surface area contributed by atoms with Crippen LogP contribution in [0.4, 0.5) is 10.5 Å². The number of para-hydroxylation sites is 2. The first kappa shape index (κ1) is 19.5. The van der Waals surface area contributed by atoms with Gasteiger partial charge in [-0.2, -0.15) is 5.10 Å². The van der Waals surface area contributed by atoms with Gasteiger partial charge in [-0.25, -0.2) is 10.2 Å². The molecule has 0 heterocycles. The van der Waals surface area contributed by atoms with E-state index in [0.717, 1.165) is 10.5 Å². The van der Waals surface area contributed by atoms with E-state index < -0.39 is 6.03 Å². The lowest BCUT2D eigenvalue weighted by Crippen LogP contribution is -2.24. The molecule has 5 nitrogen and oxygen atoms in total. The zero-order valence-electron chi connectivity index (χ0n) is 15.7. The Hall–Kier alpha value is -3.25. The van der Waals surface area contributed by atoms with Crippen molar-refractivity contribution in [2.24, 2.45) is 5.10 Å². The Morgan fingerprint density at radius 3 is 2.29 bits per heavy atom. The standard InChI is InChI=1S/C22H21N3O2S/c1-16-7-11-18(12-8-16)28-19-13-9-17(10-14-19)15-23-25-22(26)24-20-5-3-4-6-21(20)27-2/h3-15H,1-2H3,(H2,24,25,26)/b23-15+. The van der Waals surface area contributed by atoms with Crippen LogP contribution < -0.4 is 15.5 Å². The molecule has 0 spiro atoms. The van der Waals surface area contributed by atoms with Crippen LogP contribution in [0, 0.1) is 6.92 Å². The van der Waals surface area contributed by atoms with Crippen molar-refractivity contribution in [3.63, 3.8) is 0 Å². The fraction of sp³-hybridized carbons (Fsp3) is 0.0909. The maximum absolute atomic E-state index is 12.0. The van der Waals surface area contributed by atoms with Crippen LogP contribution in [0.3, 0.4) is 0 Å². The summed E-state index contributed by atoms with van der Waals surface area (Å²) in [5, 5.41) is 6.68. The van der Waals surface area contributed by atoms with Crippen molar-refractivity contribution < 1.29 is 9.53 Å². The minimum atomic E-state index is -0.438. The first-order chi connectivity index (χ1) is 13.6. The molecule has 28 heavy (non-hydrogen) atoms. The summed E-state index contributed by atoms with van der Waals surface area (Å²) in [6.07, 6.45) is 1.60. The molecule has 2 N–H and O–H groups in total. The number of carbonyl (C=O) groups is 1. The highest BCUT2D eigenvalue weighted by atomic mass is 32.2. The lowest BCUT2D eigenvalue weighted by Gasteiger charge is -2.08. The molecule has 0 atom stereocenters. The molecule has 142 valence electrons. The molecule has 0 unspecified atom stereocenters. The molecule has 0 bridgehead atoms. The number of nitrogens with zero attached hydrogens (tertiary/aromatic N) is 1. The number of rotatable bonds is 6. The second-order valence-electron chi connectivity index (χ2n) is 6.01. The second kappa shape index (κ2) is 9.62. The molecular formula is C22H21N3O2S. The number of hydrogen-bond donors (Lipinski definition) is 2. The number of aryl methyl sites for hydroxylation is 1. The van der Waals surface area contributed by atoms with Crippen molar-refractivity contribution in [2.45, 2.75) is 16.7 Å². The number of carbonyl (C=O) groups excluding carboxylic acids is 1. The summed E-state index contributed by atoms with van der Waals surface area (Å²) in [6.45, 7) is 2.08. The number of hydrogen-bond acceptors (Lipinski definition) is 4. The zero-order valence-corrected chi connectivity index (χ0v) is 16.5. The van der Waals surface area contributed by atoms with Gasteiger partial charge in [0.15, 0.2) is 0 Å². The van der Waals surface area contributed by atoms with E-state index in [4.69, 9.17) is 4.74 Å². The topological polar surface area (TPSA) is 62.7 Å². The highest BCUT2D eigenvalue weighted by Gasteiger charge is 2.05. The molecule has 6 heteroatoms. The van der Waals surface area contributed by atoms with Crippen LogP contribution in [0.2, 0.25) is 0 Å². The second-order valence-corrected chi connectivity index (χ2v) is 7.16. The van der Waals surface area contributed by atoms with Gasteiger partial charge in [0.05, 0.1) is 19.0 Å². The summed E-state index contributed by atoms with van der Waals surface area (Å²) in [4.78, 5) is 14.3. The summed E-state index contributed by atoms with van der Waals surface area (Å²) in [5.74, 6) is 0.586. The van der Waals surface area contributed by atoms with Crippen molar-refractivity contribution in [2.75, 3.05) is 12.4 Å². The fourth-order valence-electron chi connectivity index (χ4n) is 2.43. The zero-order chi connectivity index (χ0) is 19.8. The number of amides is 2. The average molecular weight is 391 g/mol. The Morgan fingerprint density at radius 2 is 1.61 bits per heavy atom. The van der Waals surface area contributed by atoms with Gasteiger partial charge in [0, 0.05) is 9.79 Å². The average Bonchev–Trinajstić information content (AvgIpc) is 2.71. The molecule has 3 rings (SSSR count). The summed E-state index contributed by atoms with van der Waals surface area (Å²) >= 11 is 1.70. The number of hydrazone groups is 1. The van der Waals surface area contributed by atoms with Gasteiger partial charge in [0.1, 0.15) is 5.75 Å². The van der Waals surface area contributed by atoms with Gasteiger partial charge in [-0.1, -0.05) is 53.7 Å². The van der Waals surface area contributed by atoms with Crippen molar-refractivity contribution >= 4 is 29.7 Å². The van der Waals surface area contributed by atoms with Crippen molar-refractivity contribution in [3.8, 4) is 5.75 Å². The molecule has 0 saturated carbocycles. The maximum atomic E-state index is 12.0. The summed E-state index contributed by atoms with van der Waals surface area (Å²) in [7, 11) is 1.55. The number of nitrogens with one attached hydrogen (secondary N) is 2. The maximum Gasteiger partial charge on any atom is 0.339 e. The minimum Gasteiger partial charge on any atom is -0.495 e. The number of anilines is 1. The normalized spacial score (nSPS) is 10.6. The number of urea groups is 1. The van der Waals surface area contributed by atoms with Gasteiger partial charge >= 0.3 is 6.03 Å². The number of benzene rings is 3. The first-order valence-corrected chi connectivity index (χ1v) is 9.53. The van der Waals surface area contributed by atoms with E-state index >= 15 is 0 Å². The third kappa shape index (κ3) is 5.62. The Bertz CT molecular complexity index is 954. The first-order valence-electron chi connectivity index (χ1n) is 8.72. The van der Waals surface area contributed by atoms with E-state index in [2.05, 4.69) is 47.0 Å². The Kier molecular flexibility index (Phi) is 6.70. The molecule has 0 aliphatic heterocycles. The van der Waals surface area contributed by atoms with Crippen LogP contribution >= 0.6 is 11.8 Å². The van der Waals surface area contributed by atoms with Gasteiger partial charge < -0.3 is 10.1 Å². The van der Waals surface area contributed by atoms with Crippen LogP contribution in [0.15, 0.2) is 87.7 Å². The van der Waals surface area contributed by atoms with E-state index in [0.29, 0.717) is 11.4 Å². The van der Waals surface area contributed by atoms with Crippen LogP contribution in [0.1, 0.15) is 11.1 Å². The lowest BCUT2D eigenvalue weighted by molar-refractivity contribution is 0.252. The molecule has 0 fully saturated rings. The van der Waals surface area contributed by atoms with E-state index in [-0.39, 0.29) is 0 Å². The van der Waals surface area contributed by atoms with Crippen LogP contribution in [0.5, 0.6) is 5.75 Å². The molecule has 0 radical (unpaired) electrons. The molecule has 0 saturated heterocycles. The number of methoxy groups -OCH3 is 1. The number of ether oxygens (including phenoxy) is 1. The van der Waals surface area contributed by atoms with Crippen molar-refractivity contribution in [1.82, 2.24) is 5.43 Å². The van der Waals surface area contributed by atoms with Crippen molar-refractivity contribution in [1.29, 1.82) is 0 Å². The Balaban J connectivity index is 1.52. The van der Waals surface area contributed by atoms with E-state index in [1.807, 2.05) is 36.4 Å². The third-order valence-electron chi connectivity index (χ3n) is 3.87. The van der Waals surface area contributed by atoms with Gasteiger partial charge in [0.2, 0.25) is 0 Å². The largest absolute Gasteiger partial charge is 0.495 e. The lowest BCUT2D eigenvalue weighted by atomic mass is 10.2. The molecule has 3 aromatic rings. The summed E-state index contributed by atoms with van der Waals surface area (Å²) in [5.41, 5.74) is 5.17. The molecule has 0 aromatic heterocycles. The molecule has 0 aliphatic rings. The molecule has 3 aromatic carbocycles. The van der Waals surface area contributed by atoms with E-state index in [1.54, 1.807) is 37.2 Å². The van der Waals surface area contributed by atoms with Crippen LogP contribution in [0.25, 0.3) is 0 Å². The third-order valence-corrected chi connectivity index (χ3v) is 4.89. The molecular weight excluding hydrogens is 370 g/mol. The Morgan fingerprint density at radius 1 is 0.964 bits per heavy atom. The quantitative estimate of drug-likeness (QED) is 0.442. The van der Waals surface area contributed by atoms with Crippen molar-refractivity contribution in [3.05, 3.63) is 83.9 Å². The highest BCUT2D eigenvalue weighted by Crippen LogP contribution is 2.27. The van der Waals surface area contributed by atoms with Crippen LogP contribution in [-0.4, -0.2) is 19.4 Å². The van der Waals surface area contributed by atoms with Gasteiger partial charge in [-0.05, 0) is 48.9 Å². The molecule has 0 aliphatic carbocycles. The summed E-state index contributed by atoms with van der Waals surface area (Å²) in [6, 6.07) is 23.1. The predicted molar refractivity (Wildman–Crippen MR) is 114 cm³/mol. The Labute approximate surface area is 168 Å². The van der Waals surface area contributed by atoms with Gasteiger partial charge in [-0.15, -0.1) is 0 Å². The highest BCUT2D eigenvalue weighted by molar-refractivity contribution is 7.99. The summed E-state index contributed by atoms with van der Waals surface area (Å²) < 4.78 is 5.20. The fourth-order valence-corrected chi connectivity index (χ4v) is 3.24.